The summed E-state index contributed by atoms with van der Waals surface area (Å²) in [5, 5.41) is 7.43. The molecule has 0 aliphatic carbocycles. The van der Waals surface area contributed by atoms with Gasteiger partial charge < -0.3 is 20.5 Å². The topological polar surface area (TPSA) is 121 Å². The average molecular weight is 500 g/mol. The summed E-state index contributed by atoms with van der Waals surface area (Å²) >= 11 is 0. The lowest BCUT2D eigenvalue weighted by Crippen LogP contribution is -2.45. The molecule has 4 aromatic rings. The van der Waals surface area contributed by atoms with Gasteiger partial charge in [0.15, 0.2) is 0 Å². The fourth-order valence-corrected chi connectivity index (χ4v) is 3.78. The van der Waals surface area contributed by atoms with Gasteiger partial charge in [-0.15, -0.1) is 0 Å². The molecule has 0 radical (unpaired) electrons. The van der Waals surface area contributed by atoms with Gasteiger partial charge in [0.05, 0.1) is 25.1 Å². The molecule has 0 spiro atoms. The van der Waals surface area contributed by atoms with Crippen molar-refractivity contribution >= 4 is 11.8 Å². The van der Waals surface area contributed by atoms with Crippen molar-refractivity contribution in [1.29, 1.82) is 0 Å². The number of nitrogens with zero attached hydrogens (tertiary/aromatic N) is 3. The summed E-state index contributed by atoms with van der Waals surface area (Å²) in [6.07, 6.45) is 4.41. The number of nitrogens with two attached hydrogens (primary N) is 1. The van der Waals surface area contributed by atoms with Gasteiger partial charge in [-0.3, -0.25) is 14.6 Å². The number of hydrogen-bond donors (Lipinski definition) is 2. The first kappa shape index (κ1) is 25.4. The highest BCUT2D eigenvalue weighted by Crippen LogP contribution is 2.27. The smallest absolute Gasteiger partial charge is 0.240 e. The number of ether oxygens (including phenoxy) is 2. The number of carbonyl (C=O) groups excluding carboxylic acids is 2. The molecular weight excluding hydrogens is 470 g/mol. The van der Waals surface area contributed by atoms with Crippen LogP contribution in [0.15, 0.2) is 85.2 Å². The third kappa shape index (κ3) is 6.94. The van der Waals surface area contributed by atoms with Gasteiger partial charge in [0.1, 0.15) is 11.8 Å². The molecule has 190 valence electrons. The molecule has 9 nitrogen and oxygen atoms in total. The third-order valence-electron chi connectivity index (χ3n) is 5.71. The molecule has 0 saturated carbocycles. The normalized spacial score (nSPS) is 11.5. The number of hydrogen-bond acceptors (Lipinski definition) is 6. The Kier molecular flexibility index (Phi) is 8.49. The van der Waals surface area contributed by atoms with Crippen molar-refractivity contribution < 1.29 is 19.1 Å². The van der Waals surface area contributed by atoms with Crippen LogP contribution in [0.2, 0.25) is 0 Å². The Morgan fingerprint density at radius 2 is 1.84 bits per heavy atom. The first-order valence-corrected chi connectivity index (χ1v) is 11.9. The quantitative estimate of drug-likeness (QED) is 0.289. The SMILES string of the molecule is COc1ccc(-n2nc(-c3cccnc3)cc2OCCCC(=O)N[C@@H](Cc2ccccc2)C(N)=O)cc1. The molecule has 3 N–H and O–H groups in total. The summed E-state index contributed by atoms with van der Waals surface area (Å²) in [6.45, 7) is 0.279. The van der Waals surface area contributed by atoms with Crippen LogP contribution in [0.25, 0.3) is 16.9 Å². The van der Waals surface area contributed by atoms with E-state index in [2.05, 4.69) is 10.3 Å². The second kappa shape index (κ2) is 12.3. The van der Waals surface area contributed by atoms with Crippen molar-refractivity contribution in [2.45, 2.75) is 25.3 Å². The lowest BCUT2D eigenvalue weighted by molar-refractivity contribution is -0.127. The summed E-state index contributed by atoms with van der Waals surface area (Å²) in [7, 11) is 1.61. The summed E-state index contributed by atoms with van der Waals surface area (Å²) < 4.78 is 13.0. The van der Waals surface area contributed by atoms with E-state index in [-0.39, 0.29) is 18.9 Å². The van der Waals surface area contributed by atoms with Crippen LogP contribution in [0.5, 0.6) is 11.6 Å². The van der Waals surface area contributed by atoms with Crippen LogP contribution in [0.1, 0.15) is 18.4 Å². The van der Waals surface area contributed by atoms with E-state index < -0.39 is 11.9 Å². The molecule has 4 rings (SSSR count). The molecule has 0 aliphatic rings. The van der Waals surface area contributed by atoms with Crippen LogP contribution in [0.3, 0.4) is 0 Å². The largest absolute Gasteiger partial charge is 0.497 e. The lowest BCUT2D eigenvalue weighted by Gasteiger charge is -2.15. The Bertz CT molecular complexity index is 1310. The van der Waals surface area contributed by atoms with Crippen LogP contribution < -0.4 is 20.5 Å². The minimum atomic E-state index is -0.769. The van der Waals surface area contributed by atoms with Crippen LogP contribution in [0, 0.1) is 0 Å². The summed E-state index contributed by atoms with van der Waals surface area (Å²) in [4.78, 5) is 28.5. The molecule has 1 atom stereocenters. The van der Waals surface area contributed by atoms with Gasteiger partial charge in [0.25, 0.3) is 0 Å². The van der Waals surface area contributed by atoms with E-state index in [4.69, 9.17) is 20.3 Å². The highest BCUT2D eigenvalue weighted by molar-refractivity contribution is 5.86. The number of carbonyl (C=O) groups is 2. The van der Waals surface area contributed by atoms with Crippen LogP contribution >= 0.6 is 0 Å². The minimum absolute atomic E-state index is 0.185. The molecule has 0 bridgehead atoms. The van der Waals surface area contributed by atoms with Crippen molar-refractivity contribution in [3.05, 3.63) is 90.8 Å². The Labute approximate surface area is 215 Å². The summed E-state index contributed by atoms with van der Waals surface area (Å²) in [5.41, 5.74) is 8.79. The van der Waals surface area contributed by atoms with E-state index in [9.17, 15) is 9.59 Å². The van der Waals surface area contributed by atoms with Crippen molar-refractivity contribution in [3.63, 3.8) is 0 Å². The number of aromatic nitrogens is 3. The Morgan fingerprint density at radius 3 is 2.51 bits per heavy atom. The van der Waals surface area contributed by atoms with Gasteiger partial charge in [-0.05, 0) is 48.4 Å². The monoisotopic (exact) mass is 499 g/mol. The van der Waals surface area contributed by atoms with Crippen molar-refractivity contribution in [2.24, 2.45) is 5.73 Å². The molecule has 0 fully saturated rings. The molecule has 2 amide bonds. The highest BCUT2D eigenvalue weighted by atomic mass is 16.5. The first-order valence-electron chi connectivity index (χ1n) is 11.9. The van der Waals surface area contributed by atoms with E-state index in [1.807, 2.05) is 72.8 Å². The second-order valence-electron chi connectivity index (χ2n) is 8.38. The zero-order chi connectivity index (χ0) is 26.0. The Hall–Kier alpha value is -4.66. The zero-order valence-electron chi connectivity index (χ0n) is 20.5. The number of rotatable bonds is 12. The minimum Gasteiger partial charge on any atom is -0.497 e. The van der Waals surface area contributed by atoms with E-state index in [1.165, 1.54) is 0 Å². The second-order valence-corrected chi connectivity index (χ2v) is 8.38. The van der Waals surface area contributed by atoms with Gasteiger partial charge in [-0.25, -0.2) is 4.68 Å². The number of nitrogens with one attached hydrogen (secondary N) is 1. The molecule has 9 heteroatoms. The van der Waals surface area contributed by atoms with Crippen LogP contribution in [-0.4, -0.2) is 46.3 Å². The molecule has 0 saturated heterocycles. The van der Waals surface area contributed by atoms with Crippen molar-refractivity contribution in [3.8, 4) is 28.6 Å². The predicted octanol–water partition coefficient (Wildman–Crippen LogP) is 3.31. The van der Waals surface area contributed by atoms with E-state index in [0.29, 0.717) is 24.4 Å². The molecule has 2 heterocycles. The molecule has 2 aromatic heterocycles. The van der Waals surface area contributed by atoms with E-state index in [1.54, 1.807) is 24.2 Å². The first-order chi connectivity index (χ1) is 18.0. The number of methoxy groups -OCH3 is 1. The number of amides is 2. The summed E-state index contributed by atoms with van der Waals surface area (Å²) in [6, 6.07) is 21.7. The van der Waals surface area contributed by atoms with Crippen molar-refractivity contribution in [2.75, 3.05) is 13.7 Å². The molecular formula is C28H29N5O4. The maximum absolute atomic E-state index is 12.5. The van der Waals surface area contributed by atoms with Crippen molar-refractivity contribution in [1.82, 2.24) is 20.1 Å². The maximum atomic E-state index is 12.5. The zero-order valence-corrected chi connectivity index (χ0v) is 20.5. The standard InChI is InChI=1S/C28H29N5O4/c1-36-23-13-11-22(12-14-23)33-27(18-24(32-33)21-9-5-15-30-19-21)37-16-6-10-26(34)31-25(28(29)35)17-20-7-3-2-4-8-20/h2-5,7-9,11-15,18-19,25H,6,10,16-17H2,1H3,(H2,29,35)(H,31,34)/t25-/m0/s1. The van der Waals surface area contributed by atoms with E-state index >= 15 is 0 Å². The van der Waals surface area contributed by atoms with Gasteiger partial charge in [0, 0.05) is 36.9 Å². The average Bonchev–Trinajstić information content (AvgIpc) is 3.36. The Morgan fingerprint density at radius 1 is 1.05 bits per heavy atom. The Balaban J connectivity index is 1.38. The maximum Gasteiger partial charge on any atom is 0.240 e. The highest BCUT2D eigenvalue weighted by Gasteiger charge is 2.19. The van der Waals surface area contributed by atoms with Gasteiger partial charge >= 0.3 is 0 Å². The lowest BCUT2D eigenvalue weighted by atomic mass is 10.1. The van der Waals surface area contributed by atoms with Crippen LogP contribution in [-0.2, 0) is 16.0 Å². The van der Waals surface area contributed by atoms with Crippen LogP contribution in [0.4, 0.5) is 0 Å². The van der Waals surface area contributed by atoms with Gasteiger partial charge in [-0.2, -0.15) is 5.10 Å². The third-order valence-corrected chi connectivity index (χ3v) is 5.71. The molecule has 37 heavy (non-hydrogen) atoms. The van der Waals surface area contributed by atoms with Gasteiger partial charge in [-0.1, -0.05) is 30.3 Å². The predicted molar refractivity (Wildman–Crippen MR) is 139 cm³/mol. The fourth-order valence-electron chi connectivity index (χ4n) is 3.78. The summed E-state index contributed by atoms with van der Waals surface area (Å²) in [5.74, 6) is 0.435. The van der Waals surface area contributed by atoms with E-state index in [0.717, 1.165) is 22.6 Å². The molecule has 2 aromatic carbocycles. The number of pyridine rings is 1. The molecule has 0 aliphatic heterocycles. The fraction of sp³-hybridized carbons (Fsp3) is 0.214. The van der Waals surface area contributed by atoms with Gasteiger partial charge in [0.2, 0.25) is 17.7 Å². The molecule has 0 unspecified atom stereocenters. The number of primary amides is 1. The number of benzene rings is 2.